The number of amides is 1. The first-order valence-corrected chi connectivity index (χ1v) is 5.23. The number of hydrogen-bond acceptors (Lipinski definition) is 3. The van der Waals surface area contributed by atoms with E-state index >= 15 is 0 Å². The molecule has 0 bridgehead atoms. The van der Waals surface area contributed by atoms with Crippen LogP contribution in [0.5, 0.6) is 0 Å². The van der Waals surface area contributed by atoms with E-state index in [-0.39, 0.29) is 12.5 Å². The van der Waals surface area contributed by atoms with Crippen molar-refractivity contribution in [3.05, 3.63) is 28.8 Å². The molecule has 4 N–H and O–H groups in total. The van der Waals surface area contributed by atoms with Crippen LogP contribution in [0.2, 0.25) is 0 Å². The van der Waals surface area contributed by atoms with Gasteiger partial charge in [-0.2, -0.15) is 0 Å². The van der Waals surface area contributed by atoms with Crippen molar-refractivity contribution in [2.24, 2.45) is 5.73 Å². The largest absolute Gasteiger partial charge is 0.392 e. The van der Waals surface area contributed by atoms with Gasteiger partial charge < -0.3 is 16.2 Å². The first kappa shape index (κ1) is 12.7. The van der Waals surface area contributed by atoms with E-state index in [0.29, 0.717) is 0 Å². The zero-order valence-electron chi connectivity index (χ0n) is 9.87. The number of benzene rings is 1. The van der Waals surface area contributed by atoms with Gasteiger partial charge in [-0.1, -0.05) is 6.07 Å². The number of aliphatic hydroxyl groups excluding tert-OH is 1. The normalized spacial score (nSPS) is 12.3. The third-order valence-electron chi connectivity index (χ3n) is 2.52. The summed E-state index contributed by atoms with van der Waals surface area (Å²) in [5, 5.41) is 11.9. The Kier molecular flexibility index (Phi) is 4.04. The van der Waals surface area contributed by atoms with Crippen LogP contribution in [0.25, 0.3) is 0 Å². The first-order valence-electron chi connectivity index (χ1n) is 5.23. The van der Waals surface area contributed by atoms with Crippen LogP contribution in [0.15, 0.2) is 12.1 Å². The highest BCUT2D eigenvalue weighted by molar-refractivity contribution is 5.95. The zero-order chi connectivity index (χ0) is 12.3. The van der Waals surface area contributed by atoms with Gasteiger partial charge in [-0.05, 0) is 43.5 Å². The molecule has 0 radical (unpaired) electrons. The summed E-state index contributed by atoms with van der Waals surface area (Å²) in [7, 11) is 0. The van der Waals surface area contributed by atoms with Gasteiger partial charge in [0.2, 0.25) is 5.91 Å². The number of hydrogen-bond donors (Lipinski definition) is 3. The van der Waals surface area contributed by atoms with Gasteiger partial charge in [0.05, 0.1) is 12.6 Å². The molecule has 0 fully saturated rings. The first-order chi connectivity index (χ1) is 7.45. The average molecular weight is 222 g/mol. The predicted octanol–water partition coefficient (Wildman–Crippen LogP) is 1.08. The molecule has 0 unspecified atom stereocenters. The molecule has 4 heteroatoms. The summed E-state index contributed by atoms with van der Waals surface area (Å²) >= 11 is 0. The van der Waals surface area contributed by atoms with Crippen molar-refractivity contribution in [2.45, 2.75) is 33.4 Å². The van der Waals surface area contributed by atoms with Gasteiger partial charge in [0.1, 0.15) is 0 Å². The summed E-state index contributed by atoms with van der Waals surface area (Å²) in [5.74, 6) is -0.209. The minimum atomic E-state index is -0.530. The Labute approximate surface area is 95.5 Å². The van der Waals surface area contributed by atoms with E-state index in [9.17, 15) is 4.79 Å². The highest BCUT2D eigenvalue weighted by Crippen LogP contribution is 2.20. The predicted molar refractivity (Wildman–Crippen MR) is 64.1 cm³/mol. The Balaban J connectivity index is 2.98. The number of anilines is 1. The third-order valence-corrected chi connectivity index (χ3v) is 2.52. The lowest BCUT2D eigenvalue weighted by molar-refractivity contribution is -0.117. The van der Waals surface area contributed by atoms with Gasteiger partial charge in [0.25, 0.3) is 0 Å². The Hall–Kier alpha value is -1.39. The molecule has 0 aliphatic carbocycles. The highest BCUT2D eigenvalue weighted by Gasteiger charge is 2.10. The number of nitrogens with one attached hydrogen (secondary N) is 1. The molecule has 0 saturated heterocycles. The third kappa shape index (κ3) is 2.81. The maximum Gasteiger partial charge on any atom is 0.241 e. The fraction of sp³-hybridized carbons (Fsp3) is 0.417. The van der Waals surface area contributed by atoms with E-state index in [1.807, 2.05) is 26.0 Å². The molecule has 0 spiro atoms. The molecule has 16 heavy (non-hydrogen) atoms. The molecule has 1 aromatic rings. The molecule has 1 atom stereocenters. The van der Waals surface area contributed by atoms with Crippen LogP contribution in [0.1, 0.15) is 23.6 Å². The lowest BCUT2D eigenvalue weighted by atomic mass is 10.0. The maximum atomic E-state index is 11.4. The molecular weight excluding hydrogens is 204 g/mol. The molecular formula is C12H18N2O2. The quantitative estimate of drug-likeness (QED) is 0.716. The highest BCUT2D eigenvalue weighted by atomic mass is 16.3. The fourth-order valence-corrected chi connectivity index (χ4v) is 1.43. The van der Waals surface area contributed by atoms with E-state index in [2.05, 4.69) is 5.32 Å². The van der Waals surface area contributed by atoms with Crippen LogP contribution in [-0.2, 0) is 11.4 Å². The van der Waals surface area contributed by atoms with E-state index in [4.69, 9.17) is 10.8 Å². The van der Waals surface area contributed by atoms with Crippen molar-refractivity contribution in [2.75, 3.05) is 5.32 Å². The van der Waals surface area contributed by atoms with Crippen molar-refractivity contribution in [1.29, 1.82) is 0 Å². The molecule has 0 aliphatic rings. The molecule has 1 amide bonds. The summed E-state index contributed by atoms with van der Waals surface area (Å²) in [4.78, 5) is 11.4. The second kappa shape index (κ2) is 5.09. The van der Waals surface area contributed by atoms with Gasteiger partial charge >= 0.3 is 0 Å². The van der Waals surface area contributed by atoms with Crippen molar-refractivity contribution < 1.29 is 9.90 Å². The SMILES string of the molecule is Cc1cc(NC(=O)[C@H](C)N)c(C)cc1CO. The standard InChI is InChI=1S/C12H18N2O2/c1-7-5-11(14-12(16)9(3)13)8(2)4-10(7)6-15/h4-5,9,15H,6,13H2,1-3H3,(H,14,16)/t9-/m0/s1. The molecule has 0 aromatic heterocycles. The van der Waals surface area contributed by atoms with Crippen LogP contribution in [0.4, 0.5) is 5.69 Å². The van der Waals surface area contributed by atoms with Crippen LogP contribution < -0.4 is 11.1 Å². The van der Waals surface area contributed by atoms with E-state index in [1.165, 1.54) is 0 Å². The topological polar surface area (TPSA) is 75.4 Å². The molecule has 0 saturated carbocycles. The molecule has 0 heterocycles. The number of aliphatic hydroxyl groups is 1. The van der Waals surface area contributed by atoms with Crippen molar-refractivity contribution in [1.82, 2.24) is 0 Å². The average Bonchev–Trinajstić information content (AvgIpc) is 2.22. The number of carbonyl (C=O) groups excluding carboxylic acids is 1. The molecule has 1 rings (SSSR count). The second-order valence-electron chi connectivity index (χ2n) is 4.03. The Morgan fingerprint density at radius 1 is 1.44 bits per heavy atom. The summed E-state index contributed by atoms with van der Waals surface area (Å²) in [5.41, 5.74) is 8.97. The molecule has 1 aromatic carbocycles. The van der Waals surface area contributed by atoms with Crippen LogP contribution in [0.3, 0.4) is 0 Å². The number of aryl methyl sites for hydroxylation is 2. The number of nitrogens with two attached hydrogens (primary N) is 1. The van der Waals surface area contributed by atoms with Gasteiger partial charge in [-0.15, -0.1) is 0 Å². The lowest BCUT2D eigenvalue weighted by Crippen LogP contribution is -2.32. The van der Waals surface area contributed by atoms with Gasteiger partial charge in [-0.25, -0.2) is 0 Å². The maximum absolute atomic E-state index is 11.4. The Morgan fingerprint density at radius 2 is 2.06 bits per heavy atom. The van der Waals surface area contributed by atoms with Gasteiger partial charge in [0.15, 0.2) is 0 Å². The van der Waals surface area contributed by atoms with Crippen molar-refractivity contribution >= 4 is 11.6 Å². The lowest BCUT2D eigenvalue weighted by Gasteiger charge is -2.13. The van der Waals surface area contributed by atoms with E-state index in [1.54, 1.807) is 6.92 Å². The molecule has 0 aliphatic heterocycles. The number of carbonyl (C=O) groups is 1. The molecule has 88 valence electrons. The summed E-state index contributed by atoms with van der Waals surface area (Å²) < 4.78 is 0. The Morgan fingerprint density at radius 3 is 2.56 bits per heavy atom. The number of rotatable bonds is 3. The Bertz CT molecular complexity index is 400. The van der Waals surface area contributed by atoms with Gasteiger partial charge in [-0.3, -0.25) is 4.79 Å². The molecule has 4 nitrogen and oxygen atoms in total. The monoisotopic (exact) mass is 222 g/mol. The van der Waals surface area contributed by atoms with Crippen LogP contribution in [-0.4, -0.2) is 17.1 Å². The van der Waals surface area contributed by atoms with Crippen LogP contribution in [0, 0.1) is 13.8 Å². The minimum absolute atomic E-state index is 0.00813. The summed E-state index contributed by atoms with van der Waals surface area (Å²) in [6.07, 6.45) is 0. The van der Waals surface area contributed by atoms with Crippen molar-refractivity contribution in [3.8, 4) is 0 Å². The fourth-order valence-electron chi connectivity index (χ4n) is 1.43. The van der Waals surface area contributed by atoms with Crippen LogP contribution >= 0.6 is 0 Å². The van der Waals surface area contributed by atoms with E-state index < -0.39 is 6.04 Å². The zero-order valence-corrected chi connectivity index (χ0v) is 9.87. The van der Waals surface area contributed by atoms with E-state index in [0.717, 1.165) is 22.4 Å². The van der Waals surface area contributed by atoms with Crippen molar-refractivity contribution in [3.63, 3.8) is 0 Å². The summed E-state index contributed by atoms with van der Waals surface area (Å²) in [6.45, 7) is 5.43. The van der Waals surface area contributed by atoms with Gasteiger partial charge in [0, 0.05) is 5.69 Å². The smallest absolute Gasteiger partial charge is 0.241 e. The summed E-state index contributed by atoms with van der Waals surface area (Å²) in [6, 6.07) is 3.19. The second-order valence-corrected chi connectivity index (χ2v) is 4.03. The minimum Gasteiger partial charge on any atom is -0.392 e.